The van der Waals surface area contributed by atoms with E-state index in [1.54, 1.807) is 6.92 Å². The second-order valence-corrected chi connectivity index (χ2v) is 6.62. The summed E-state index contributed by atoms with van der Waals surface area (Å²) in [6, 6.07) is 1.28. The largest absolute Gasteiger partial charge is 0.336 e. The van der Waals surface area contributed by atoms with Crippen molar-refractivity contribution < 1.29 is 19.2 Å². The summed E-state index contributed by atoms with van der Waals surface area (Å²) in [5.41, 5.74) is -1.01. The fourth-order valence-electron chi connectivity index (χ4n) is 2.57. The lowest BCUT2D eigenvalue weighted by Gasteiger charge is -2.24. The molecule has 1 aliphatic carbocycles. The molecule has 0 bridgehead atoms. The van der Waals surface area contributed by atoms with E-state index in [9.17, 15) is 24.4 Å². The minimum Gasteiger partial charge on any atom is -0.336 e. The van der Waals surface area contributed by atoms with Crippen molar-refractivity contribution in [2.45, 2.75) is 39.2 Å². The standard InChI is InChI=1S/C15H20N4O4/c1-9(2)6-18-12(21)13(22)19(14(18)23)7-11(20)17-15(3,8-16)10-4-5-10/h9-10H,4-7H2,1-3H3,(H,17,20)/t15-/m1/s1. The molecule has 8 nitrogen and oxygen atoms in total. The second-order valence-electron chi connectivity index (χ2n) is 6.62. The van der Waals surface area contributed by atoms with E-state index < -0.39 is 35.8 Å². The van der Waals surface area contributed by atoms with Gasteiger partial charge in [0, 0.05) is 6.54 Å². The number of carbonyl (C=O) groups excluding carboxylic acids is 4. The maximum atomic E-state index is 12.1. The van der Waals surface area contributed by atoms with Crippen molar-refractivity contribution in [1.29, 1.82) is 5.26 Å². The highest BCUT2D eigenvalue weighted by atomic mass is 16.2. The van der Waals surface area contributed by atoms with Crippen LogP contribution in [0, 0.1) is 23.2 Å². The zero-order chi connectivity index (χ0) is 17.4. The molecule has 0 spiro atoms. The molecule has 1 aliphatic heterocycles. The monoisotopic (exact) mass is 320 g/mol. The van der Waals surface area contributed by atoms with Gasteiger partial charge >= 0.3 is 17.8 Å². The van der Waals surface area contributed by atoms with Crippen LogP contribution in [0.1, 0.15) is 33.6 Å². The predicted molar refractivity (Wildman–Crippen MR) is 78.5 cm³/mol. The molecule has 0 aromatic rings. The van der Waals surface area contributed by atoms with Gasteiger partial charge in [-0.15, -0.1) is 0 Å². The first-order valence-electron chi connectivity index (χ1n) is 7.59. The number of nitriles is 1. The van der Waals surface area contributed by atoms with Gasteiger partial charge < -0.3 is 5.32 Å². The second kappa shape index (κ2) is 5.99. The van der Waals surface area contributed by atoms with Crippen LogP contribution in [0.15, 0.2) is 0 Å². The van der Waals surface area contributed by atoms with E-state index in [2.05, 4.69) is 11.4 Å². The maximum Gasteiger partial charge on any atom is 0.334 e. The summed E-state index contributed by atoms with van der Waals surface area (Å²) in [5.74, 6) is -2.44. The molecule has 1 heterocycles. The van der Waals surface area contributed by atoms with Gasteiger partial charge in [0.05, 0.1) is 6.07 Å². The molecule has 2 aliphatic rings. The summed E-state index contributed by atoms with van der Waals surface area (Å²) >= 11 is 0. The molecule has 1 N–H and O–H groups in total. The molecule has 124 valence electrons. The van der Waals surface area contributed by atoms with Crippen LogP contribution in [0.25, 0.3) is 0 Å². The number of carbonyl (C=O) groups is 4. The van der Waals surface area contributed by atoms with Crippen LogP contribution in [-0.4, -0.2) is 52.2 Å². The van der Waals surface area contributed by atoms with E-state index in [1.807, 2.05) is 13.8 Å². The number of rotatable bonds is 6. The molecule has 0 radical (unpaired) electrons. The number of imide groups is 2. The average molecular weight is 320 g/mol. The zero-order valence-corrected chi connectivity index (χ0v) is 13.5. The van der Waals surface area contributed by atoms with Gasteiger partial charge in [-0.05, 0) is 31.6 Å². The Balaban J connectivity index is 2.03. The number of amides is 5. The van der Waals surface area contributed by atoms with Crippen LogP contribution in [0.2, 0.25) is 0 Å². The number of hydrogen-bond acceptors (Lipinski definition) is 5. The first-order chi connectivity index (χ1) is 10.7. The molecule has 2 rings (SSSR count). The smallest absolute Gasteiger partial charge is 0.334 e. The molecular weight excluding hydrogens is 300 g/mol. The molecule has 23 heavy (non-hydrogen) atoms. The summed E-state index contributed by atoms with van der Waals surface area (Å²) in [5, 5.41) is 11.8. The van der Waals surface area contributed by atoms with E-state index in [-0.39, 0.29) is 18.4 Å². The number of urea groups is 1. The summed E-state index contributed by atoms with van der Waals surface area (Å²) in [7, 11) is 0. The van der Waals surface area contributed by atoms with E-state index in [4.69, 9.17) is 0 Å². The lowest BCUT2D eigenvalue weighted by Crippen LogP contribution is -2.51. The normalized spacial score (nSPS) is 20.7. The summed E-state index contributed by atoms with van der Waals surface area (Å²) in [6.07, 6.45) is 1.71. The highest BCUT2D eigenvalue weighted by molar-refractivity contribution is 6.45. The van der Waals surface area contributed by atoms with E-state index in [1.165, 1.54) is 0 Å². The highest BCUT2D eigenvalue weighted by Crippen LogP contribution is 2.39. The first-order valence-corrected chi connectivity index (χ1v) is 7.59. The Kier molecular flexibility index (Phi) is 4.41. The topological polar surface area (TPSA) is 111 Å². The predicted octanol–water partition coefficient (Wildman–Crippen LogP) is 0.242. The van der Waals surface area contributed by atoms with Crippen LogP contribution in [0.4, 0.5) is 4.79 Å². The Labute approximate surface area is 134 Å². The minimum absolute atomic E-state index is 0.0150. The third-order valence-corrected chi connectivity index (χ3v) is 4.01. The summed E-state index contributed by atoms with van der Waals surface area (Å²) in [6.45, 7) is 4.82. The Bertz CT molecular complexity index is 605. The minimum atomic E-state index is -1.01. The Morgan fingerprint density at radius 3 is 2.35 bits per heavy atom. The van der Waals surface area contributed by atoms with Gasteiger partial charge in [0.15, 0.2) is 0 Å². The van der Waals surface area contributed by atoms with Crippen molar-refractivity contribution in [3.63, 3.8) is 0 Å². The number of nitrogens with zero attached hydrogens (tertiary/aromatic N) is 3. The maximum absolute atomic E-state index is 12.1. The van der Waals surface area contributed by atoms with E-state index in [0.717, 1.165) is 17.7 Å². The fraction of sp³-hybridized carbons (Fsp3) is 0.667. The van der Waals surface area contributed by atoms with Crippen LogP contribution >= 0.6 is 0 Å². The van der Waals surface area contributed by atoms with Crippen LogP contribution < -0.4 is 5.32 Å². The molecule has 0 aromatic carbocycles. The van der Waals surface area contributed by atoms with Gasteiger partial charge in [-0.1, -0.05) is 13.8 Å². The molecule has 1 saturated heterocycles. The van der Waals surface area contributed by atoms with Crippen molar-refractivity contribution in [3.05, 3.63) is 0 Å². The lowest BCUT2D eigenvalue weighted by molar-refractivity contribution is -0.144. The molecule has 2 fully saturated rings. The van der Waals surface area contributed by atoms with Gasteiger partial charge in [0.2, 0.25) is 5.91 Å². The summed E-state index contributed by atoms with van der Waals surface area (Å²) < 4.78 is 0. The summed E-state index contributed by atoms with van der Waals surface area (Å²) in [4.78, 5) is 49.4. The molecule has 1 saturated carbocycles. The SMILES string of the molecule is CC(C)CN1C(=O)C(=O)N(CC(=O)N[C@](C)(C#N)C2CC2)C1=O. The highest BCUT2D eigenvalue weighted by Gasteiger charge is 2.47. The molecule has 8 heteroatoms. The van der Waals surface area contributed by atoms with Crippen molar-refractivity contribution >= 4 is 23.8 Å². The van der Waals surface area contributed by atoms with Gasteiger partial charge in [-0.3, -0.25) is 19.3 Å². The van der Waals surface area contributed by atoms with Gasteiger partial charge in [-0.2, -0.15) is 5.26 Å². The Morgan fingerprint density at radius 1 is 1.30 bits per heavy atom. The molecular formula is C15H20N4O4. The van der Waals surface area contributed by atoms with Gasteiger partial charge in [0.25, 0.3) is 0 Å². The average Bonchev–Trinajstić information content (AvgIpc) is 3.30. The molecule has 1 atom stereocenters. The van der Waals surface area contributed by atoms with Crippen LogP contribution in [0.5, 0.6) is 0 Å². The van der Waals surface area contributed by atoms with Gasteiger partial charge in [0.1, 0.15) is 12.1 Å². The molecule has 5 amide bonds. The van der Waals surface area contributed by atoms with Crippen molar-refractivity contribution in [3.8, 4) is 6.07 Å². The van der Waals surface area contributed by atoms with Gasteiger partial charge in [-0.25, -0.2) is 9.69 Å². The van der Waals surface area contributed by atoms with Crippen LogP contribution in [-0.2, 0) is 14.4 Å². The number of hydrogen-bond donors (Lipinski definition) is 1. The van der Waals surface area contributed by atoms with Crippen LogP contribution in [0.3, 0.4) is 0 Å². The third-order valence-electron chi connectivity index (χ3n) is 4.01. The van der Waals surface area contributed by atoms with Crippen molar-refractivity contribution in [2.75, 3.05) is 13.1 Å². The number of nitrogens with one attached hydrogen (secondary N) is 1. The fourth-order valence-corrected chi connectivity index (χ4v) is 2.57. The van der Waals surface area contributed by atoms with E-state index >= 15 is 0 Å². The molecule has 0 aromatic heterocycles. The molecule has 0 unspecified atom stereocenters. The zero-order valence-electron chi connectivity index (χ0n) is 13.5. The Morgan fingerprint density at radius 2 is 1.87 bits per heavy atom. The van der Waals surface area contributed by atoms with Crippen molar-refractivity contribution in [1.82, 2.24) is 15.1 Å². The van der Waals surface area contributed by atoms with Crippen molar-refractivity contribution in [2.24, 2.45) is 11.8 Å². The Hall–Kier alpha value is -2.43. The quantitative estimate of drug-likeness (QED) is 0.557. The third kappa shape index (κ3) is 3.33. The van der Waals surface area contributed by atoms with E-state index in [0.29, 0.717) is 4.90 Å². The lowest BCUT2D eigenvalue weighted by atomic mass is 9.98. The first kappa shape index (κ1) is 16.9.